The third-order valence-electron chi connectivity index (χ3n) is 4.87. The zero-order chi connectivity index (χ0) is 21.8. The lowest BCUT2D eigenvalue weighted by molar-refractivity contribution is -0.113. The van der Waals surface area contributed by atoms with Gasteiger partial charge in [0.25, 0.3) is 0 Å². The van der Waals surface area contributed by atoms with Gasteiger partial charge in [-0.3, -0.25) is 4.79 Å². The van der Waals surface area contributed by atoms with E-state index >= 15 is 0 Å². The lowest BCUT2D eigenvalue weighted by Crippen LogP contribution is -2.14. The van der Waals surface area contributed by atoms with Crippen molar-refractivity contribution in [3.05, 3.63) is 77.9 Å². The standard InChI is InChI=1S/C23H21FN4O2S/c1-15-19-9-4-3-6-16(19)10-11-20(15)30-13-21-26-27-23(28(21)2)31-14-22(29)25-18-8-5-7-17(24)12-18/h3-12H,13-14H2,1-2H3,(H,25,29). The number of halogens is 1. The molecule has 1 amide bonds. The molecule has 3 aromatic carbocycles. The van der Waals surface area contributed by atoms with E-state index < -0.39 is 5.82 Å². The number of aryl methyl sites for hydroxylation is 1. The summed E-state index contributed by atoms with van der Waals surface area (Å²) in [4.78, 5) is 12.1. The molecule has 0 atom stereocenters. The molecule has 158 valence electrons. The average Bonchev–Trinajstić information content (AvgIpc) is 3.11. The predicted molar refractivity (Wildman–Crippen MR) is 120 cm³/mol. The first kappa shape index (κ1) is 20.9. The normalized spacial score (nSPS) is 10.9. The molecular weight excluding hydrogens is 415 g/mol. The van der Waals surface area contributed by atoms with Crippen LogP contribution in [0.25, 0.3) is 10.8 Å². The number of nitrogens with zero attached hydrogens (tertiary/aromatic N) is 3. The van der Waals surface area contributed by atoms with Crippen LogP contribution in [0.4, 0.5) is 10.1 Å². The molecule has 0 saturated heterocycles. The number of anilines is 1. The van der Waals surface area contributed by atoms with Crippen LogP contribution in [0.1, 0.15) is 11.4 Å². The number of amides is 1. The molecule has 0 aliphatic heterocycles. The van der Waals surface area contributed by atoms with E-state index in [-0.39, 0.29) is 18.3 Å². The van der Waals surface area contributed by atoms with Crippen LogP contribution in [0.5, 0.6) is 5.75 Å². The Morgan fingerprint density at radius 3 is 2.81 bits per heavy atom. The topological polar surface area (TPSA) is 69.0 Å². The Balaban J connectivity index is 1.36. The first-order valence-electron chi connectivity index (χ1n) is 9.69. The van der Waals surface area contributed by atoms with Crippen molar-refractivity contribution in [1.82, 2.24) is 14.8 Å². The molecule has 0 fully saturated rings. The summed E-state index contributed by atoms with van der Waals surface area (Å²) in [6, 6.07) is 17.9. The summed E-state index contributed by atoms with van der Waals surface area (Å²) in [5, 5.41) is 13.9. The van der Waals surface area contributed by atoms with Crippen LogP contribution in [-0.2, 0) is 18.4 Å². The molecular formula is C23H21FN4O2S. The van der Waals surface area contributed by atoms with Crippen LogP contribution >= 0.6 is 11.8 Å². The number of ether oxygens (including phenoxy) is 1. The highest BCUT2D eigenvalue weighted by molar-refractivity contribution is 7.99. The number of aromatic nitrogens is 3. The van der Waals surface area contributed by atoms with Crippen LogP contribution in [0.3, 0.4) is 0 Å². The molecule has 0 saturated carbocycles. The summed E-state index contributed by atoms with van der Waals surface area (Å²) in [5.74, 6) is 0.937. The van der Waals surface area contributed by atoms with Gasteiger partial charge in [0.1, 0.15) is 18.2 Å². The highest BCUT2D eigenvalue weighted by Crippen LogP contribution is 2.27. The van der Waals surface area contributed by atoms with E-state index in [1.807, 2.05) is 38.2 Å². The SMILES string of the molecule is Cc1c(OCc2nnc(SCC(=O)Nc3cccc(F)c3)n2C)ccc2ccccc12. The van der Waals surface area contributed by atoms with E-state index in [9.17, 15) is 9.18 Å². The molecule has 8 heteroatoms. The predicted octanol–water partition coefficient (Wildman–Crippen LogP) is 4.73. The zero-order valence-electron chi connectivity index (χ0n) is 17.1. The summed E-state index contributed by atoms with van der Waals surface area (Å²) in [6.45, 7) is 2.30. The minimum absolute atomic E-state index is 0.132. The fourth-order valence-corrected chi connectivity index (χ4v) is 3.93. The number of carbonyl (C=O) groups excluding carboxylic acids is 1. The number of rotatable bonds is 7. The number of fused-ring (bicyclic) bond motifs is 1. The van der Waals surface area contributed by atoms with E-state index in [0.29, 0.717) is 16.7 Å². The van der Waals surface area contributed by atoms with Crippen molar-refractivity contribution in [3.63, 3.8) is 0 Å². The largest absolute Gasteiger partial charge is 0.485 e. The van der Waals surface area contributed by atoms with Gasteiger partial charge in [-0.1, -0.05) is 48.2 Å². The second-order valence-electron chi connectivity index (χ2n) is 7.00. The highest BCUT2D eigenvalue weighted by atomic mass is 32.2. The number of nitrogens with one attached hydrogen (secondary N) is 1. The molecule has 31 heavy (non-hydrogen) atoms. The third-order valence-corrected chi connectivity index (χ3v) is 5.89. The molecule has 0 spiro atoms. The van der Waals surface area contributed by atoms with Gasteiger partial charge < -0.3 is 14.6 Å². The zero-order valence-corrected chi connectivity index (χ0v) is 17.9. The van der Waals surface area contributed by atoms with E-state index in [4.69, 9.17) is 4.74 Å². The number of thioether (sulfide) groups is 1. The number of hydrogen-bond donors (Lipinski definition) is 1. The molecule has 0 unspecified atom stereocenters. The highest BCUT2D eigenvalue weighted by Gasteiger charge is 2.13. The van der Waals surface area contributed by atoms with Crippen LogP contribution in [0.2, 0.25) is 0 Å². The smallest absolute Gasteiger partial charge is 0.234 e. The summed E-state index contributed by atoms with van der Waals surface area (Å²) < 4.78 is 21.0. The maximum absolute atomic E-state index is 13.2. The van der Waals surface area contributed by atoms with Crippen molar-refractivity contribution >= 4 is 34.1 Å². The van der Waals surface area contributed by atoms with Gasteiger partial charge in [-0.2, -0.15) is 0 Å². The molecule has 1 N–H and O–H groups in total. The van der Waals surface area contributed by atoms with Crippen LogP contribution in [0.15, 0.2) is 65.8 Å². The first-order valence-corrected chi connectivity index (χ1v) is 10.7. The summed E-state index contributed by atoms with van der Waals surface area (Å²) in [5.41, 5.74) is 1.49. The fraction of sp³-hybridized carbons (Fsp3) is 0.174. The molecule has 6 nitrogen and oxygen atoms in total. The van der Waals surface area contributed by atoms with Gasteiger partial charge in [-0.05, 0) is 47.5 Å². The lowest BCUT2D eigenvalue weighted by Gasteiger charge is -2.11. The van der Waals surface area contributed by atoms with Crippen molar-refractivity contribution < 1.29 is 13.9 Å². The fourth-order valence-electron chi connectivity index (χ4n) is 3.20. The Morgan fingerprint density at radius 2 is 1.97 bits per heavy atom. The van der Waals surface area contributed by atoms with E-state index in [0.717, 1.165) is 16.7 Å². The molecule has 0 aliphatic rings. The van der Waals surface area contributed by atoms with Crippen molar-refractivity contribution in [2.24, 2.45) is 7.05 Å². The Hall–Kier alpha value is -3.39. The first-order chi connectivity index (χ1) is 15.0. The number of carbonyl (C=O) groups is 1. The molecule has 1 aromatic heterocycles. The van der Waals surface area contributed by atoms with Crippen molar-refractivity contribution in [1.29, 1.82) is 0 Å². The Morgan fingerprint density at radius 1 is 1.13 bits per heavy atom. The maximum Gasteiger partial charge on any atom is 0.234 e. The van der Waals surface area contributed by atoms with Gasteiger partial charge in [0, 0.05) is 12.7 Å². The van der Waals surface area contributed by atoms with E-state index in [1.165, 1.54) is 29.3 Å². The Labute approximate surface area is 183 Å². The van der Waals surface area contributed by atoms with E-state index in [2.05, 4.69) is 27.6 Å². The molecule has 0 aliphatic carbocycles. The number of hydrogen-bond acceptors (Lipinski definition) is 5. The lowest BCUT2D eigenvalue weighted by atomic mass is 10.0. The van der Waals surface area contributed by atoms with Gasteiger partial charge in [0.15, 0.2) is 11.0 Å². The van der Waals surface area contributed by atoms with Crippen LogP contribution < -0.4 is 10.1 Å². The average molecular weight is 437 g/mol. The van der Waals surface area contributed by atoms with Gasteiger partial charge in [0.05, 0.1) is 5.75 Å². The van der Waals surface area contributed by atoms with Gasteiger partial charge in [-0.15, -0.1) is 10.2 Å². The third kappa shape index (κ3) is 4.86. The molecule has 4 aromatic rings. The minimum Gasteiger partial charge on any atom is -0.485 e. The van der Waals surface area contributed by atoms with Gasteiger partial charge in [0.2, 0.25) is 5.91 Å². The Bertz CT molecular complexity index is 1240. The molecule has 0 bridgehead atoms. The summed E-state index contributed by atoms with van der Waals surface area (Å²) >= 11 is 1.25. The second kappa shape index (κ2) is 9.18. The quantitative estimate of drug-likeness (QED) is 0.425. The monoisotopic (exact) mass is 436 g/mol. The van der Waals surface area contributed by atoms with Crippen molar-refractivity contribution in [3.8, 4) is 5.75 Å². The summed E-state index contributed by atoms with van der Waals surface area (Å²) in [7, 11) is 1.83. The number of benzene rings is 3. The second-order valence-corrected chi connectivity index (χ2v) is 7.95. The Kier molecular flexibility index (Phi) is 6.18. The van der Waals surface area contributed by atoms with Crippen molar-refractivity contribution in [2.45, 2.75) is 18.7 Å². The van der Waals surface area contributed by atoms with Gasteiger partial charge >= 0.3 is 0 Å². The van der Waals surface area contributed by atoms with E-state index in [1.54, 1.807) is 16.7 Å². The minimum atomic E-state index is -0.398. The molecule has 1 heterocycles. The van der Waals surface area contributed by atoms with Gasteiger partial charge in [-0.25, -0.2) is 4.39 Å². The molecule has 0 radical (unpaired) electrons. The van der Waals surface area contributed by atoms with Crippen LogP contribution in [-0.4, -0.2) is 26.4 Å². The maximum atomic E-state index is 13.2. The van der Waals surface area contributed by atoms with Crippen LogP contribution in [0, 0.1) is 12.7 Å². The molecule has 4 rings (SSSR count). The van der Waals surface area contributed by atoms with Crippen molar-refractivity contribution in [2.75, 3.05) is 11.1 Å². The summed E-state index contributed by atoms with van der Waals surface area (Å²) in [6.07, 6.45) is 0.